The zero-order valence-corrected chi connectivity index (χ0v) is 15.1. The highest BCUT2D eigenvalue weighted by Gasteiger charge is 2.04. The van der Waals surface area contributed by atoms with Crippen molar-refractivity contribution in [2.24, 2.45) is 0 Å². The molecule has 0 aliphatic rings. The lowest BCUT2D eigenvalue weighted by Gasteiger charge is -2.02. The van der Waals surface area contributed by atoms with Crippen LogP contribution in [0.15, 0.2) is 18.3 Å². The van der Waals surface area contributed by atoms with Crippen molar-refractivity contribution >= 4 is 0 Å². The van der Waals surface area contributed by atoms with Gasteiger partial charge in [-0.05, 0) is 18.9 Å². The van der Waals surface area contributed by atoms with Crippen LogP contribution >= 0.6 is 0 Å². The van der Waals surface area contributed by atoms with Crippen LogP contribution in [0, 0.1) is 13.8 Å². The summed E-state index contributed by atoms with van der Waals surface area (Å²) in [5.41, 5.74) is 2.75. The van der Waals surface area contributed by atoms with Crippen molar-refractivity contribution in [2.45, 2.75) is 78.7 Å². The molecule has 19 heavy (non-hydrogen) atoms. The molecule has 0 amide bonds. The van der Waals surface area contributed by atoms with E-state index in [0.717, 1.165) is 0 Å². The lowest BCUT2D eigenvalue weighted by atomic mass is 10.1. The maximum Gasteiger partial charge on any atom is 0.178 e. The summed E-state index contributed by atoms with van der Waals surface area (Å²) in [4.78, 5) is 0. The average molecular weight is 375 g/mol. The Morgan fingerprint density at radius 2 is 1.47 bits per heavy atom. The van der Waals surface area contributed by atoms with Gasteiger partial charge in [0.1, 0.15) is 6.54 Å². The van der Waals surface area contributed by atoms with Crippen LogP contribution in [-0.4, -0.2) is 0 Å². The minimum Gasteiger partial charge on any atom is -1.00 e. The van der Waals surface area contributed by atoms with E-state index < -0.39 is 0 Å². The zero-order valence-electron chi connectivity index (χ0n) is 12.9. The third-order valence-corrected chi connectivity index (χ3v) is 3.66. The molecule has 0 spiro atoms. The minimum absolute atomic E-state index is 0. The van der Waals surface area contributed by atoms with Gasteiger partial charge in [-0.15, -0.1) is 0 Å². The molecule has 0 aliphatic heterocycles. The number of halogens is 1. The highest BCUT2D eigenvalue weighted by atomic mass is 127. The first-order valence-corrected chi connectivity index (χ1v) is 7.70. The quantitative estimate of drug-likeness (QED) is 0.352. The summed E-state index contributed by atoms with van der Waals surface area (Å²) >= 11 is 0. The van der Waals surface area contributed by atoms with Gasteiger partial charge in [0.25, 0.3) is 0 Å². The van der Waals surface area contributed by atoms with Gasteiger partial charge in [-0.2, -0.15) is 0 Å². The summed E-state index contributed by atoms with van der Waals surface area (Å²) in [6.07, 6.45) is 13.4. The van der Waals surface area contributed by atoms with Crippen LogP contribution in [-0.2, 0) is 6.54 Å². The molecule has 0 saturated carbocycles. The molecular weight excluding hydrogens is 345 g/mol. The molecule has 1 aromatic rings. The SMILES string of the molecule is CCCCCCCCCC[n+]1ccc(C)cc1C.[I-]. The first-order chi connectivity index (χ1) is 8.74. The number of unbranched alkanes of at least 4 members (excludes halogenated alkanes) is 7. The summed E-state index contributed by atoms with van der Waals surface area (Å²) in [6.45, 7) is 7.83. The highest BCUT2D eigenvalue weighted by Crippen LogP contribution is 2.08. The second-order valence-corrected chi connectivity index (χ2v) is 5.51. The van der Waals surface area contributed by atoms with E-state index in [4.69, 9.17) is 0 Å². The number of hydrogen-bond donors (Lipinski definition) is 0. The van der Waals surface area contributed by atoms with Crippen molar-refractivity contribution in [2.75, 3.05) is 0 Å². The van der Waals surface area contributed by atoms with E-state index in [9.17, 15) is 0 Å². The Kier molecular flexibility index (Phi) is 11.6. The molecule has 0 aliphatic carbocycles. The molecule has 0 radical (unpaired) electrons. The van der Waals surface area contributed by atoms with Crippen molar-refractivity contribution in [3.8, 4) is 0 Å². The van der Waals surface area contributed by atoms with Crippen molar-refractivity contribution < 1.29 is 28.5 Å². The molecule has 1 heterocycles. The first kappa shape index (κ1) is 18.9. The normalized spacial score (nSPS) is 10.3. The number of pyridine rings is 1. The number of rotatable bonds is 9. The third-order valence-electron chi connectivity index (χ3n) is 3.66. The smallest absolute Gasteiger partial charge is 0.178 e. The second-order valence-electron chi connectivity index (χ2n) is 5.51. The monoisotopic (exact) mass is 375 g/mol. The standard InChI is InChI=1S/C17H30N.HI/c1-4-5-6-7-8-9-10-11-13-18-14-12-16(2)15-17(18)3;/h12,14-15H,4-11,13H2,1-3H3;1H/q+1;/p-1. The fourth-order valence-corrected chi connectivity index (χ4v) is 2.45. The predicted molar refractivity (Wildman–Crippen MR) is 78.7 cm³/mol. The van der Waals surface area contributed by atoms with Crippen LogP contribution in [0.1, 0.15) is 69.5 Å². The van der Waals surface area contributed by atoms with E-state index in [2.05, 4.69) is 43.7 Å². The maximum absolute atomic E-state index is 2.38. The van der Waals surface area contributed by atoms with Crippen LogP contribution < -0.4 is 28.5 Å². The summed E-state index contributed by atoms with van der Waals surface area (Å²) in [5, 5.41) is 0. The Balaban J connectivity index is 0.00000324. The van der Waals surface area contributed by atoms with E-state index in [1.807, 2.05) is 0 Å². The number of aromatic nitrogens is 1. The highest BCUT2D eigenvalue weighted by molar-refractivity contribution is 5.08. The Bertz CT molecular complexity index is 336. The second kappa shape index (κ2) is 11.7. The lowest BCUT2D eigenvalue weighted by Crippen LogP contribution is -3.00. The maximum atomic E-state index is 2.38. The van der Waals surface area contributed by atoms with E-state index in [-0.39, 0.29) is 24.0 Å². The van der Waals surface area contributed by atoms with E-state index in [0.29, 0.717) is 0 Å². The number of hydrogen-bond acceptors (Lipinski definition) is 0. The van der Waals surface area contributed by atoms with Gasteiger partial charge in [-0.25, -0.2) is 4.57 Å². The van der Waals surface area contributed by atoms with Gasteiger partial charge in [0.2, 0.25) is 0 Å². The molecule has 2 heteroatoms. The van der Waals surface area contributed by atoms with E-state index >= 15 is 0 Å². The molecule has 110 valence electrons. The van der Waals surface area contributed by atoms with Gasteiger partial charge < -0.3 is 24.0 Å². The van der Waals surface area contributed by atoms with Crippen molar-refractivity contribution in [3.05, 3.63) is 29.6 Å². The molecule has 1 rings (SSSR count). The number of aryl methyl sites for hydroxylation is 3. The van der Waals surface area contributed by atoms with Crippen molar-refractivity contribution in [3.63, 3.8) is 0 Å². The summed E-state index contributed by atoms with van der Waals surface area (Å²) in [5.74, 6) is 0. The first-order valence-electron chi connectivity index (χ1n) is 7.70. The van der Waals surface area contributed by atoms with E-state index in [1.54, 1.807) is 0 Å². The van der Waals surface area contributed by atoms with Crippen LogP contribution in [0.5, 0.6) is 0 Å². The van der Waals surface area contributed by atoms with Gasteiger partial charge in [0, 0.05) is 25.5 Å². The Hall–Kier alpha value is -0.120. The topological polar surface area (TPSA) is 3.88 Å². The molecule has 0 fully saturated rings. The van der Waals surface area contributed by atoms with Gasteiger partial charge >= 0.3 is 0 Å². The molecular formula is C17H30IN. The molecule has 1 nitrogen and oxygen atoms in total. The Morgan fingerprint density at radius 1 is 0.895 bits per heavy atom. The Morgan fingerprint density at radius 3 is 2.05 bits per heavy atom. The molecule has 0 N–H and O–H groups in total. The minimum atomic E-state index is 0. The zero-order chi connectivity index (χ0) is 13.2. The third kappa shape index (κ3) is 8.61. The van der Waals surface area contributed by atoms with Crippen LogP contribution in [0.4, 0.5) is 0 Å². The predicted octanol–water partition coefficient (Wildman–Crippen LogP) is 1.74. The van der Waals surface area contributed by atoms with Gasteiger partial charge in [0.05, 0.1) is 0 Å². The van der Waals surface area contributed by atoms with Gasteiger partial charge in [-0.3, -0.25) is 0 Å². The van der Waals surface area contributed by atoms with Crippen molar-refractivity contribution in [1.82, 2.24) is 0 Å². The molecule has 0 atom stereocenters. The van der Waals surface area contributed by atoms with Gasteiger partial charge in [-0.1, -0.05) is 45.4 Å². The molecule has 0 aromatic carbocycles. The molecule has 1 aromatic heterocycles. The largest absolute Gasteiger partial charge is 1.00 e. The van der Waals surface area contributed by atoms with Gasteiger partial charge in [0.15, 0.2) is 11.9 Å². The summed E-state index contributed by atoms with van der Waals surface area (Å²) < 4.78 is 2.38. The van der Waals surface area contributed by atoms with Crippen LogP contribution in [0.25, 0.3) is 0 Å². The fraction of sp³-hybridized carbons (Fsp3) is 0.706. The van der Waals surface area contributed by atoms with E-state index in [1.165, 1.54) is 69.2 Å². The van der Waals surface area contributed by atoms with Crippen LogP contribution in [0.2, 0.25) is 0 Å². The number of nitrogens with zero attached hydrogens (tertiary/aromatic N) is 1. The Labute approximate surface area is 136 Å². The summed E-state index contributed by atoms with van der Waals surface area (Å²) in [6, 6.07) is 4.47. The molecule has 0 unspecified atom stereocenters. The summed E-state index contributed by atoms with van der Waals surface area (Å²) in [7, 11) is 0. The lowest BCUT2D eigenvalue weighted by molar-refractivity contribution is -0.703. The van der Waals surface area contributed by atoms with Crippen LogP contribution in [0.3, 0.4) is 0 Å². The molecule has 0 saturated heterocycles. The molecule has 0 bridgehead atoms. The fourth-order valence-electron chi connectivity index (χ4n) is 2.45. The van der Waals surface area contributed by atoms with Crippen molar-refractivity contribution in [1.29, 1.82) is 0 Å². The average Bonchev–Trinajstić information content (AvgIpc) is 2.35.